The standard InChI is InChI=1S/C19H28BrNO/c1-11(2)13-8-7-12(3)14-9-10-17-18(20)21-22-19(17)15(13)5-4-6-16(14)19/h4,6,11-17H,5,7-10H2,1-3H3/t12-,13-,14+,15+,16-,17+,19+/m1/s1. The Labute approximate surface area is 142 Å². The largest absolute Gasteiger partial charge is 0.387 e. The lowest BCUT2D eigenvalue weighted by Gasteiger charge is -2.57. The Bertz CT molecular complexity index is 514. The highest BCUT2D eigenvalue weighted by atomic mass is 79.9. The van der Waals surface area contributed by atoms with E-state index in [9.17, 15) is 0 Å². The first kappa shape index (κ1) is 15.2. The molecule has 2 fully saturated rings. The van der Waals surface area contributed by atoms with E-state index >= 15 is 0 Å². The highest BCUT2D eigenvalue weighted by Crippen LogP contribution is 2.61. The molecular formula is C19H28BrNO. The predicted molar refractivity (Wildman–Crippen MR) is 93.9 cm³/mol. The van der Waals surface area contributed by atoms with Crippen LogP contribution in [0.25, 0.3) is 0 Å². The lowest BCUT2D eigenvalue weighted by atomic mass is 9.49. The summed E-state index contributed by atoms with van der Waals surface area (Å²) in [6.45, 7) is 7.28. The van der Waals surface area contributed by atoms with Crippen molar-refractivity contribution >= 4 is 20.6 Å². The lowest BCUT2D eigenvalue weighted by Crippen LogP contribution is -2.61. The van der Waals surface area contributed by atoms with Gasteiger partial charge in [-0.05, 0) is 65.3 Å². The van der Waals surface area contributed by atoms with Gasteiger partial charge < -0.3 is 4.84 Å². The second-order valence-corrected chi connectivity index (χ2v) is 9.22. The Kier molecular flexibility index (Phi) is 3.71. The average Bonchev–Trinajstić information content (AvgIpc) is 2.84. The van der Waals surface area contributed by atoms with Crippen LogP contribution in [0.15, 0.2) is 17.3 Å². The van der Waals surface area contributed by atoms with Crippen LogP contribution in [0.3, 0.4) is 0 Å². The molecule has 3 aliphatic carbocycles. The van der Waals surface area contributed by atoms with Crippen molar-refractivity contribution in [1.29, 1.82) is 0 Å². The molecule has 2 nitrogen and oxygen atoms in total. The van der Waals surface area contributed by atoms with E-state index < -0.39 is 0 Å². The first-order chi connectivity index (χ1) is 10.6. The number of halogens is 1. The number of hydrogen-bond donors (Lipinski definition) is 0. The summed E-state index contributed by atoms with van der Waals surface area (Å²) >= 11 is 3.73. The molecule has 7 atom stereocenters. The normalized spacial score (nSPS) is 50.0. The maximum absolute atomic E-state index is 6.35. The van der Waals surface area contributed by atoms with Crippen molar-refractivity contribution in [2.45, 2.75) is 58.5 Å². The number of hydrogen-bond acceptors (Lipinski definition) is 2. The van der Waals surface area contributed by atoms with E-state index in [0.29, 0.717) is 17.8 Å². The van der Waals surface area contributed by atoms with Crippen molar-refractivity contribution in [2.75, 3.05) is 0 Å². The smallest absolute Gasteiger partial charge is 0.156 e. The van der Waals surface area contributed by atoms with Crippen LogP contribution in [0.2, 0.25) is 0 Å². The van der Waals surface area contributed by atoms with E-state index in [1.807, 2.05) is 0 Å². The fourth-order valence-electron chi connectivity index (χ4n) is 6.19. The van der Waals surface area contributed by atoms with Gasteiger partial charge in [0.05, 0.1) is 5.92 Å². The summed E-state index contributed by atoms with van der Waals surface area (Å²) in [7, 11) is 0. The van der Waals surface area contributed by atoms with Gasteiger partial charge in [0.1, 0.15) is 4.62 Å². The van der Waals surface area contributed by atoms with Gasteiger partial charge >= 0.3 is 0 Å². The quantitative estimate of drug-likeness (QED) is 0.571. The maximum atomic E-state index is 6.35. The van der Waals surface area contributed by atoms with E-state index in [2.05, 4.69) is 54.0 Å². The van der Waals surface area contributed by atoms with Crippen LogP contribution in [-0.2, 0) is 4.84 Å². The van der Waals surface area contributed by atoms with Crippen LogP contribution < -0.4 is 0 Å². The number of nitrogens with zero attached hydrogens (tertiary/aromatic N) is 1. The molecule has 1 heterocycles. The number of oxime groups is 1. The molecule has 1 aliphatic heterocycles. The van der Waals surface area contributed by atoms with Crippen LogP contribution >= 0.6 is 15.9 Å². The van der Waals surface area contributed by atoms with Gasteiger partial charge in [-0.2, -0.15) is 0 Å². The summed E-state index contributed by atoms with van der Waals surface area (Å²) in [5.74, 6) is 4.72. The second kappa shape index (κ2) is 5.36. The van der Waals surface area contributed by atoms with Crippen LogP contribution in [-0.4, -0.2) is 10.2 Å². The van der Waals surface area contributed by atoms with Crippen LogP contribution in [0.4, 0.5) is 0 Å². The fraction of sp³-hybridized carbons (Fsp3) is 0.842. The zero-order chi connectivity index (χ0) is 15.5. The summed E-state index contributed by atoms with van der Waals surface area (Å²) in [6, 6.07) is 0. The molecule has 3 heteroatoms. The average molecular weight is 366 g/mol. The Morgan fingerprint density at radius 3 is 2.86 bits per heavy atom. The maximum Gasteiger partial charge on any atom is 0.156 e. The van der Waals surface area contributed by atoms with Crippen molar-refractivity contribution in [3.63, 3.8) is 0 Å². The van der Waals surface area contributed by atoms with Crippen LogP contribution in [0, 0.1) is 41.4 Å². The highest BCUT2D eigenvalue weighted by molar-refractivity contribution is 9.18. The van der Waals surface area contributed by atoms with Crippen molar-refractivity contribution in [3.05, 3.63) is 12.2 Å². The van der Waals surface area contributed by atoms with Crippen LogP contribution in [0.5, 0.6) is 0 Å². The summed E-state index contributed by atoms with van der Waals surface area (Å²) in [5, 5.41) is 4.47. The van der Waals surface area contributed by atoms with E-state index in [-0.39, 0.29) is 5.60 Å². The molecule has 0 aromatic heterocycles. The van der Waals surface area contributed by atoms with Gasteiger partial charge in [0, 0.05) is 11.8 Å². The van der Waals surface area contributed by atoms with Gasteiger partial charge in [0.15, 0.2) is 5.60 Å². The highest BCUT2D eigenvalue weighted by Gasteiger charge is 2.64. The van der Waals surface area contributed by atoms with Gasteiger partial charge in [0.25, 0.3) is 0 Å². The third-order valence-corrected chi connectivity index (χ3v) is 7.96. The minimum Gasteiger partial charge on any atom is -0.387 e. The molecule has 0 amide bonds. The van der Waals surface area contributed by atoms with Gasteiger partial charge in [-0.15, -0.1) is 0 Å². The van der Waals surface area contributed by atoms with Gasteiger partial charge in [-0.3, -0.25) is 0 Å². The van der Waals surface area contributed by atoms with Crippen molar-refractivity contribution in [1.82, 2.24) is 0 Å². The summed E-state index contributed by atoms with van der Waals surface area (Å²) < 4.78 is 1.08. The minimum atomic E-state index is -0.0554. The molecule has 0 saturated heterocycles. The molecule has 4 bridgehead atoms. The monoisotopic (exact) mass is 365 g/mol. The fourth-order valence-corrected chi connectivity index (χ4v) is 6.85. The third-order valence-electron chi connectivity index (χ3n) is 7.27. The number of allylic oxidation sites excluding steroid dienone is 1. The van der Waals surface area contributed by atoms with E-state index in [0.717, 1.165) is 28.3 Å². The minimum absolute atomic E-state index is 0.0554. The SMILES string of the molecule is CC(C)[C@H]1CC[C@@H](C)[C@@H]2CC[C@H]3C(Br)=NO[C@@]34[C@@H]2C=CC[C@@H]14. The second-order valence-electron chi connectivity index (χ2n) is 8.41. The van der Waals surface area contributed by atoms with Crippen molar-refractivity contribution in [2.24, 2.45) is 46.6 Å². The molecule has 0 aromatic carbocycles. The van der Waals surface area contributed by atoms with Gasteiger partial charge in [-0.25, -0.2) is 0 Å². The Morgan fingerprint density at radius 2 is 2.09 bits per heavy atom. The van der Waals surface area contributed by atoms with Gasteiger partial charge in [-0.1, -0.05) is 44.5 Å². The molecule has 4 rings (SSSR count). The molecule has 0 unspecified atom stereocenters. The lowest BCUT2D eigenvalue weighted by molar-refractivity contribution is -0.182. The third kappa shape index (κ3) is 1.93. The molecule has 2 saturated carbocycles. The zero-order valence-corrected chi connectivity index (χ0v) is 15.6. The van der Waals surface area contributed by atoms with Crippen LogP contribution in [0.1, 0.15) is 52.9 Å². The van der Waals surface area contributed by atoms with E-state index in [1.54, 1.807) is 0 Å². The molecule has 22 heavy (non-hydrogen) atoms. The van der Waals surface area contributed by atoms with Crippen molar-refractivity contribution in [3.8, 4) is 0 Å². The first-order valence-corrected chi connectivity index (χ1v) is 9.93. The molecule has 122 valence electrons. The van der Waals surface area contributed by atoms with E-state index in [4.69, 9.17) is 4.84 Å². The zero-order valence-electron chi connectivity index (χ0n) is 14.0. The Hall–Kier alpha value is -0.310. The Balaban J connectivity index is 1.84. The number of rotatable bonds is 1. The Morgan fingerprint density at radius 1 is 1.27 bits per heavy atom. The van der Waals surface area contributed by atoms with E-state index in [1.165, 1.54) is 32.1 Å². The van der Waals surface area contributed by atoms with Crippen molar-refractivity contribution < 1.29 is 4.84 Å². The topological polar surface area (TPSA) is 21.6 Å². The van der Waals surface area contributed by atoms with Gasteiger partial charge in [0.2, 0.25) is 0 Å². The molecule has 1 spiro atoms. The first-order valence-electron chi connectivity index (χ1n) is 9.14. The molecular weight excluding hydrogens is 338 g/mol. The molecule has 0 radical (unpaired) electrons. The summed E-state index contributed by atoms with van der Waals surface area (Å²) in [5.41, 5.74) is -0.0554. The molecule has 4 aliphatic rings. The predicted octanol–water partition coefficient (Wildman–Crippen LogP) is 5.38. The summed E-state index contributed by atoms with van der Waals surface area (Å²) in [6.07, 6.45) is 11.4. The molecule has 0 aromatic rings. The summed E-state index contributed by atoms with van der Waals surface area (Å²) in [4.78, 5) is 6.35. The molecule has 0 N–H and O–H groups in total.